The van der Waals surface area contributed by atoms with Crippen molar-refractivity contribution in [3.8, 4) is 16.9 Å². The van der Waals surface area contributed by atoms with Crippen molar-refractivity contribution < 1.29 is 41.7 Å². The molecule has 3 aromatic rings. The summed E-state index contributed by atoms with van der Waals surface area (Å²) in [4.78, 5) is 32.2. The third-order valence-corrected chi connectivity index (χ3v) is 10.7. The van der Waals surface area contributed by atoms with Gasteiger partial charge in [-0.1, -0.05) is 41.4 Å². The number of nitrogens with zero attached hydrogens (tertiary/aromatic N) is 4. The van der Waals surface area contributed by atoms with E-state index in [4.69, 9.17) is 32.7 Å². The lowest BCUT2D eigenvalue weighted by Crippen LogP contribution is -2.57. The maximum atomic E-state index is 15.7. The summed E-state index contributed by atoms with van der Waals surface area (Å²) < 4.78 is 68.6. The normalized spacial score (nSPS) is 22.6. The number of amides is 1. The quantitative estimate of drug-likeness (QED) is 0.283. The molecule has 266 valence electrons. The zero-order valence-electron chi connectivity index (χ0n) is 27.0. The number of para-hydroxylation sites is 1. The number of likely N-dealkylation sites (N-methyl/N-ethyl adjacent to an activating group) is 1. The molecule has 15 heteroatoms. The second kappa shape index (κ2) is 13.4. The van der Waals surface area contributed by atoms with Crippen LogP contribution in [0.4, 0.5) is 28.9 Å². The highest BCUT2D eigenvalue weighted by molar-refractivity contribution is 6.40. The molecule has 50 heavy (non-hydrogen) atoms. The lowest BCUT2D eigenvalue weighted by Gasteiger charge is -2.41. The van der Waals surface area contributed by atoms with Gasteiger partial charge in [-0.05, 0) is 50.6 Å². The number of hydrogen-bond donors (Lipinski definition) is 1. The van der Waals surface area contributed by atoms with E-state index in [0.717, 1.165) is 25.3 Å². The number of rotatable bonds is 5. The highest BCUT2D eigenvalue weighted by Crippen LogP contribution is 2.42. The van der Waals surface area contributed by atoms with Gasteiger partial charge in [0.25, 0.3) is 5.91 Å². The Labute approximate surface area is 295 Å². The molecule has 3 unspecified atom stereocenters. The van der Waals surface area contributed by atoms with E-state index < -0.39 is 29.9 Å². The summed E-state index contributed by atoms with van der Waals surface area (Å²) in [6, 6.07) is 8.93. The van der Waals surface area contributed by atoms with Crippen molar-refractivity contribution in [2.45, 2.75) is 50.2 Å². The molecule has 5 aliphatic heterocycles. The van der Waals surface area contributed by atoms with Crippen LogP contribution in [0.1, 0.15) is 45.5 Å². The molecule has 5 heterocycles. The highest BCUT2D eigenvalue weighted by atomic mass is 35.5. The number of carbonyl (C=O) groups is 2. The number of carbonyl (C=O) groups excluding carboxylic acids is 1. The second-order valence-corrected chi connectivity index (χ2v) is 14.0. The molecular formula is C35H34Cl2F4N4O5. The molecule has 2 bridgehead atoms. The first-order valence-electron chi connectivity index (χ1n) is 16.3. The molecule has 0 radical (unpaired) electrons. The smallest absolute Gasteiger partial charge is 0.405 e. The standard InChI is InChI=1S/C35H34Cl2F4N4O5/c1-42-8-9-43(16-30(42)35(39,40)41)21-10-26(36)31(27(37)11-21)33(46)44-14-19-4-2-7-23(32(19)50-18-44)24-13-29(25(34(47)48)12-28(24)38)45-15-22-6-3-5-20(45)17-49-22/h2,4,7,10-13,20,22,30H,3,5-6,8-9,14-18H2,1H3,(H,47,48). The summed E-state index contributed by atoms with van der Waals surface area (Å²) in [5.74, 6) is -2.15. The average Bonchev–Trinajstić information content (AvgIpc) is 3.43. The Hall–Kier alpha value is -3.78. The van der Waals surface area contributed by atoms with Crippen LogP contribution in [0.15, 0.2) is 42.5 Å². The molecule has 0 aliphatic carbocycles. The molecule has 3 atom stereocenters. The Kier molecular flexibility index (Phi) is 9.29. The van der Waals surface area contributed by atoms with E-state index in [9.17, 15) is 27.9 Å². The van der Waals surface area contributed by atoms with Gasteiger partial charge >= 0.3 is 12.1 Å². The summed E-state index contributed by atoms with van der Waals surface area (Å²) in [5.41, 5.74) is 1.79. The van der Waals surface area contributed by atoms with Gasteiger partial charge in [0.2, 0.25) is 0 Å². The number of ether oxygens (including phenoxy) is 2. The van der Waals surface area contributed by atoms with Crippen molar-refractivity contribution in [3.63, 3.8) is 0 Å². The predicted molar refractivity (Wildman–Crippen MR) is 180 cm³/mol. The lowest BCUT2D eigenvalue weighted by molar-refractivity contribution is -0.180. The van der Waals surface area contributed by atoms with Crippen molar-refractivity contribution in [3.05, 3.63) is 75.0 Å². The Bertz CT molecular complexity index is 1820. The van der Waals surface area contributed by atoms with E-state index in [-0.39, 0.29) is 65.2 Å². The third kappa shape index (κ3) is 6.44. The first-order valence-corrected chi connectivity index (χ1v) is 17.1. The predicted octanol–water partition coefficient (Wildman–Crippen LogP) is 6.93. The lowest BCUT2D eigenvalue weighted by atomic mass is 9.96. The second-order valence-electron chi connectivity index (χ2n) is 13.2. The van der Waals surface area contributed by atoms with E-state index in [1.54, 1.807) is 29.2 Å². The van der Waals surface area contributed by atoms with Crippen LogP contribution in [0.2, 0.25) is 10.0 Å². The number of aromatic carboxylic acids is 1. The SMILES string of the molecule is CN1CCN(c2cc(Cl)c(C(=O)N3COc4c(cccc4-c4cc(N5CC6CCCC5CO6)c(C(=O)O)cc4F)C3)c(Cl)c2)CC1C(F)(F)F. The minimum atomic E-state index is -4.42. The maximum absolute atomic E-state index is 15.7. The van der Waals surface area contributed by atoms with Gasteiger partial charge < -0.3 is 29.3 Å². The molecule has 1 N–H and O–H groups in total. The van der Waals surface area contributed by atoms with Crippen LogP contribution < -0.4 is 14.5 Å². The van der Waals surface area contributed by atoms with Crippen LogP contribution >= 0.6 is 23.2 Å². The van der Waals surface area contributed by atoms with Crippen molar-refractivity contribution in [2.24, 2.45) is 0 Å². The van der Waals surface area contributed by atoms with Gasteiger partial charge in [-0.2, -0.15) is 13.2 Å². The molecule has 3 aromatic carbocycles. The number of piperazine rings is 1. The van der Waals surface area contributed by atoms with Crippen LogP contribution in [-0.4, -0.2) is 97.7 Å². The number of benzene rings is 3. The van der Waals surface area contributed by atoms with Gasteiger partial charge in [-0.15, -0.1) is 0 Å². The van der Waals surface area contributed by atoms with Crippen LogP contribution in [0.5, 0.6) is 5.75 Å². The molecule has 8 rings (SSSR count). The van der Waals surface area contributed by atoms with Gasteiger partial charge in [0, 0.05) is 48.6 Å². The zero-order chi connectivity index (χ0) is 35.5. The van der Waals surface area contributed by atoms with Gasteiger partial charge in [0.1, 0.15) is 17.6 Å². The number of hydrogen-bond acceptors (Lipinski definition) is 7. The average molecular weight is 738 g/mol. The number of anilines is 2. The minimum Gasteiger partial charge on any atom is -0.478 e. The first-order chi connectivity index (χ1) is 23.8. The maximum Gasteiger partial charge on any atom is 0.405 e. The van der Waals surface area contributed by atoms with E-state index in [1.807, 2.05) is 4.90 Å². The fourth-order valence-electron chi connectivity index (χ4n) is 7.41. The number of carboxylic acid groups (broad SMARTS) is 1. The van der Waals surface area contributed by atoms with Crippen LogP contribution in [-0.2, 0) is 11.3 Å². The van der Waals surface area contributed by atoms with Crippen molar-refractivity contribution in [1.29, 1.82) is 0 Å². The number of alkyl halides is 3. The fourth-order valence-corrected chi connectivity index (χ4v) is 8.05. The molecule has 4 fully saturated rings. The monoisotopic (exact) mass is 736 g/mol. The molecule has 4 saturated heterocycles. The van der Waals surface area contributed by atoms with Crippen molar-refractivity contribution in [1.82, 2.24) is 9.80 Å². The van der Waals surface area contributed by atoms with Crippen LogP contribution in [0.3, 0.4) is 0 Å². The zero-order valence-corrected chi connectivity index (χ0v) is 28.5. The number of carboxylic acids is 1. The van der Waals surface area contributed by atoms with E-state index in [1.165, 1.54) is 29.0 Å². The van der Waals surface area contributed by atoms with Gasteiger partial charge in [-0.25, -0.2) is 9.18 Å². The fraction of sp³-hybridized carbons (Fsp3) is 0.429. The van der Waals surface area contributed by atoms with Crippen LogP contribution in [0, 0.1) is 5.82 Å². The number of fused-ring (bicyclic) bond motifs is 5. The summed E-state index contributed by atoms with van der Waals surface area (Å²) in [6.45, 7) is 0.996. The first kappa shape index (κ1) is 34.7. The Morgan fingerprint density at radius 3 is 2.48 bits per heavy atom. The minimum absolute atomic E-state index is 0.0136. The molecule has 1 amide bonds. The Morgan fingerprint density at radius 1 is 1.00 bits per heavy atom. The molecule has 0 aromatic heterocycles. The van der Waals surface area contributed by atoms with E-state index in [0.29, 0.717) is 47.9 Å². The van der Waals surface area contributed by atoms with Gasteiger partial charge in [-0.3, -0.25) is 9.69 Å². The number of halogens is 6. The van der Waals surface area contributed by atoms with E-state index >= 15 is 4.39 Å². The van der Waals surface area contributed by atoms with Gasteiger partial charge in [0.15, 0.2) is 6.73 Å². The third-order valence-electron chi connectivity index (χ3n) is 10.1. The largest absolute Gasteiger partial charge is 0.478 e. The summed E-state index contributed by atoms with van der Waals surface area (Å²) >= 11 is 13.1. The van der Waals surface area contributed by atoms with Crippen molar-refractivity contribution >= 4 is 46.5 Å². The van der Waals surface area contributed by atoms with Crippen molar-refractivity contribution in [2.75, 3.05) is 56.4 Å². The summed E-state index contributed by atoms with van der Waals surface area (Å²) in [7, 11) is 1.43. The van der Waals surface area contributed by atoms with Gasteiger partial charge in [0.05, 0.1) is 52.2 Å². The Balaban J connectivity index is 1.15. The van der Waals surface area contributed by atoms with E-state index in [2.05, 4.69) is 0 Å². The summed E-state index contributed by atoms with van der Waals surface area (Å²) in [5, 5.41) is 9.98. The highest BCUT2D eigenvalue weighted by Gasteiger charge is 2.45. The number of morpholine rings is 1. The summed E-state index contributed by atoms with van der Waals surface area (Å²) in [6.07, 6.45) is -1.79. The van der Waals surface area contributed by atoms with Crippen LogP contribution in [0.25, 0.3) is 11.1 Å². The molecule has 5 aliphatic rings. The topological polar surface area (TPSA) is 85.8 Å². The Morgan fingerprint density at radius 2 is 1.76 bits per heavy atom. The molecule has 0 saturated carbocycles. The molecule has 0 spiro atoms. The molecular weight excluding hydrogens is 703 g/mol. The molecule has 9 nitrogen and oxygen atoms in total.